The minimum atomic E-state index is -0.888. The predicted octanol–water partition coefficient (Wildman–Crippen LogP) is 1.39. The average Bonchev–Trinajstić information content (AvgIpc) is 3.07. The molecular formula is C21H29N5O4. The van der Waals surface area contributed by atoms with E-state index in [0.29, 0.717) is 11.7 Å². The molecule has 0 aliphatic heterocycles. The van der Waals surface area contributed by atoms with Crippen LogP contribution in [0.25, 0.3) is 11.2 Å². The Morgan fingerprint density at radius 2 is 1.90 bits per heavy atom. The number of hydrogen-bond acceptors (Lipinski definition) is 6. The number of rotatable bonds is 8. The molecule has 0 amide bonds. The number of aliphatic hydroxyl groups is 1. The zero-order chi connectivity index (χ0) is 22.0. The Balaban J connectivity index is 1.98. The van der Waals surface area contributed by atoms with Gasteiger partial charge in [0.05, 0.1) is 6.54 Å². The van der Waals surface area contributed by atoms with E-state index in [1.807, 2.05) is 45.0 Å². The summed E-state index contributed by atoms with van der Waals surface area (Å²) in [4.78, 5) is 29.6. The Labute approximate surface area is 174 Å². The van der Waals surface area contributed by atoms with Crippen molar-refractivity contribution in [1.82, 2.24) is 18.7 Å². The van der Waals surface area contributed by atoms with E-state index in [1.54, 1.807) is 11.6 Å². The molecule has 0 saturated carbocycles. The fraction of sp³-hybridized carbons (Fsp3) is 0.476. The SMILES string of the molecule is CC[C@H](C)Nc1nc2c(c(=O)n(C)c(=O)n2C)n1C[C@@H](O)COc1ccccc1C. The summed E-state index contributed by atoms with van der Waals surface area (Å²) >= 11 is 0. The lowest BCUT2D eigenvalue weighted by molar-refractivity contribution is 0.0934. The second kappa shape index (κ2) is 8.74. The number of aromatic nitrogens is 4. The van der Waals surface area contributed by atoms with Gasteiger partial charge in [0.2, 0.25) is 5.95 Å². The topological polar surface area (TPSA) is 103 Å². The third-order valence-electron chi connectivity index (χ3n) is 5.25. The number of aliphatic hydroxyl groups excluding tert-OH is 1. The van der Waals surface area contributed by atoms with Gasteiger partial charge in [-0.1, -0.05) is 25.1 Å². The van der Waals surface area contributed by atoms with Crippen molar-refractivity contribution in [2.75, 3.05) is 11.9 Å². The van der Waals surface area contributed by atoms with Gasteiger partial charge in [-0.25, -0.2) is 4.79 Å². The van der Waals surface area contributed by atoms with Gasteiger partial charge >= 0.3 is 5.69 Å². The summed E-state index contributed by atoms with van der Waals surface area (Å²) in [5.41, 5.74) is 0.613. The fourth-order valence-electron chi connectivity index (χ4n) is 3.22. The quantitative estimate of drug-likeness (QED) is 0.576. The smallest absolute Gasteiger partial charge is 0.332 e. The number of nitrogens with one attached hydrogen (secondary N) is 1. The first-order valence-electron chi connectivity index (χ1n) is 10.0. The second-order valence-electron chi connectivity index (χ2n) is 7.61. The molecule has 0 aliphatic rings. The van der Waals surface area contributed by atoms with E-state index in [4.69, 9.17) is 4.74 Å². The zero-order valence-electron chi connectivity index (χ0n) is 18.0. The van der Waals surface area contributed by atoms with Crippen LogP contribution in [0.3, 0.4) is 0 Å². The van der Waals surface area contributed by atoms with Gasteiger partial charge in [0, 0.05) is 20.1 Å². The first-order chi connectivity index (χ1) is 14.2. The molecule has 9 nitrogen and oxygen atoms in total. The van der Waals surface area contributed by atoms with Gasteiger partial charge in [0.25, 0.3) is 5.56 Å². The van der Waals surface area contributed by atoms with E-state index >= 15 is 0 Å². The number of ether oxygens (including phenoxy) is 1. The molecule has 0 fully saturated rings. The van der Waals surface area contributed by atoms with E-state index in [-0.39, 0.29) is 30.4 Å². The monoisotopic (exact) mass is 415 g/mol. The lowest BCUT2D eigenvalue weighted by atomic mass is 10.2. The molecule has 0 unspecified atom stereocenters. The molecule has 9 heteroatoms. The highest BCUT2D eigenvalue weighted by molar-refractivity contribution is 5.74. The maximum Gasteiger partial charge on any atom is 0.332 e. The number of aryl methyl sites for hydroxylation is 2. The summed E-state index contributed by atoms with van der Waals surface area (Å²) in [7, 11) is 3.01. The molecule has 2 aromatic heterocycles. The van der Waals surface area contributed by atoms with Crippen LogP contribution in [0.2, 0.25) is 0 Å². The van der Waals surface area contributed by atoms with E-state index in [0.717, 1.165) is 16.6 Å². The van der Waals surface area contributed by atoms with Crippen molar-refractivity contribution >= 4 is 17.1 Å². The summed E-state index contributed by atoms with van der Waals surface area (Å²) in [6.45, 7) is 6.11. The van der Waals surface area contributed by atoms with Crippen LogP contribution in [0.4, 0.5) is 5.95 Å². The molecule has 1 aromatic carbocycles. The van der Waals surface area contributed by atoms with Crippen LogP contribution in [0, 0.1) is 6.92 Å². The van der Waals surface area contributed by atoms with Gasteiger partial charge in [0.1, 0.15) is 18.5 Å². The summed E-state index contributed by atoms with van der Waals surface area (Å²) < 4.78 is 9.77. The molecule has 2 heterocycles. The van der Waals surface area contributed by atoms with Crippen LogP contribution in [-0.4, -0.2) is 42.5 Å². The van der Waals surface area contributed by atoms with Crippen LogP contribution >= 0.6 is 0 Å². The molecule has 3 aromatic rings. The van der Waals surface area contributed by atoms with Crippen molar-refractivity contribution in [1.29, 1.82) is 0 Å². The van der Waals surface area contributed by atoms with Crippen LogP contribution in [-0.2, 0) is 20.6 Å². The molecule has 30 heavy (non-hydrogen) atoms. The highest BCUT2D eigenvalue weighted by atomic mass is 16.5. The third-order valence-corrected chi connectivity index (χ3v) is 5.25. The number of benzene rings is 1. The Bertz CT molecular complexity index is 1160. The zero-order valence-corrected chi connectivity index (χ0v) is 18.0. The Morgan fingerprint density at radius 1 is 1.20 bits per heavy atom. The van der Waals surface area contributed by atoms with Gasteiger partial charge in [-0.15, -0.1) is 0 Å². The maximum absolute atomic E-state index is 12.8. The fourth-order valence-corrected chi connectivity index (χ4v) is 3.22. The van der Waals surface area contributed by atoms with Gasteiger partial charge in [-0.05, 0) is 31.9 Å². The van der Waals surface area contributed by atoms with E-state index in [2.05, 4.69) is 10.3 Å². The lowest BCUT2D eigenvalue weighted by Gasteiger charge is -2.18. The maximum atomic E-state index is 12.8. The van der Waals surface area contributed by atoms with E-state index in [9.17, 15) is 14.7 Å². The van der Waals surface area contributed by atoms with E-state index < -0.39 is 17.4 Å². The van der Waals surface area contributed by atoms with Crippen molar-refractivity contribution in [3.63, 3.8) is 0 Å². The predicted molar refractivity (Wildman–Crippen MR) is 116 cm³/mol. The number of hydrogen-bond donors (Lipinski definition) is 2. The molecule has 0 radical (unpaired) electrons. The van der Waals surface area contributed by atoms with Crippen LogP contribution in [0.5, 0.6) is 5.75 Å². The number of para-hydroxylation sites is 1. The van der Waals surface area contributed by atoms with Crippen molar-refractivity contribution < 1.29 is 9.84 Å². The van der Waals surface area contributed by atoms with Gasteiger partial charge in [0.15, 0.2) is 11.2 Å². The molecule has 3 rings (SSSR count). The van der Waals surface area contributed by atoms with Crippen LogP contribution in [0.15, 0.2) is 33.9 Å². The van der Waals surface area contributed by atoms with E-state index in [1.165, 1.54) is 11.6 Å². The summed E-state index contributed by atoms with van der Waals surface area (Å²) in [5.74, 6) is 1.14. The Kier molecular flexibility index (Phi) is 6.31. The highest BCUT2D eigenvalue weighted by Gasteiger charge is 2.22. The normalized spacial score (nSPS) is 13.4. The van der Waals surface area contributed by atoms with Gasteiger partial charge in [-0.3, -0.25) is 13.9 Å². The number of fused-ring (bicyclic) bond motifs is 1. The number of anilines is 1. The van der Waals surface area contributed by atoms with Crippen LogP contribution < -0.4 is 21.3 Å². The molecule has 0 saturated heterocycles. The molecule has 2 N–H and O–H groups in total. The van der Waals surface area contributed by atoms with Gasteiger partial charge in [-0.2, -0.15) is 4.98 Å². The number of nitrogens with zero attached hydrogens (tertiary/aromatic N) is 4. The molecule has 2 atom stereocenters. The third kappa shape index (κ3) is 4.11. The van der Waals surface area contributed by atoms with Crippen molar-refractivity contribution in [3.8, 4) is 5.75 Å². The Hall–Kier alpha value is -3.07. The first kappa shape index (κ1) is 21.6. The largest absolute Gasteiger partial charge is 0.491 e. The highest BCUT2D eigenvalue weighted by Crippen LogP contribution is 2.19. The first-order valence-corrected chi connectivity index (χ1v) is 10.0. The summed E-state index contributed by atoms with van der Waals surface area (Å²) in [6, 6.07) is 7.67. The Morgan fingerprint density at radius 3 is 2.57 bits per heavy atom. The molecular weight excluding hydrogens is 386 g/mol. The number of imidazole rings is 1. The van der Waals surface area contributed by atoms with Crippen molar-refractivity contribution in [2.45, 2.75) is 45.9 Å². The van der Waals surface area contributed by atoms with Crippen molar-refractivity contribution in [2.24, 2.45) is 14.1 Å². The standard InChI is InChI=1S/C21H29N5O4/c1-6-14(3)22-20-23-18-17(19(28)25(5)21(29)24(18)4)26(20)11-15(27)12-30-16-10-8-7-9-13(16)2/h7-10,14-15,27H,6,11-12H2,1-5H3,(H,22,23)/t14-,15+/m0/s1. The molecule has 0 spiro atoms. The lowest BCUT2D eigenvalue weighted by Crippen LogP contribution is -2.38. The van der Waals surface area contributed by atoms with Crippen LogP contribution in [0.1, 0.15) is 25.8 Å². The molecule has 0 bridgehead atoms. The minimum absolute atomic E-state index is 0.0549. The van der Waals surface area contributed by atoms with Gasteiger partial charge < -0.3 is 19.7 Å². The molecule has 0 aliphatic carbocycles. The average molecular weight is 415 g/mol. The minimum Gasteiger partial charge on any atom is -0.491 e. The summed E-state index contributed by atoms with van der Waals surface area (Å²) in [6.07, 6.45) is -0.0412. The van der Waals surface area contributed by atoms with Crippen molar-refractivity contribution in [3.05, 3.63) is 50.7 Å². The molecule has 162 valence electrons. The second-order valence-corrected chi connectivity index (χ2v) is 7.61. The summed E-state index contributed by atoms with van der Waals surface area (Å²) in [5, 5.41) is 13.9.